The summed E-state index contributed by atoms with van der Waals surface area (Å²) in [6.45, 7) is 0. The van der Waals surface area contributed by atoms with Crippen LogP contribution in [0.25, 0.3) is 0 Å². The van der Waals surface area contributed by atoms with Gasteiger partial charge in [0.2, 0.25) is 0 Å². The van der Waals surface area contributed by atoms with Crippen LogP contribution in [0.2, 0.25) is 0 Å². The number of aryl methyl sites for hydroxylation is 1. The van der Waals surface area contributed by atoms with Gasteiger partial charge >= 0.3 is 18.1 Å². The molecule has 0 aliphatic heterocycles. The lowest BCUT2D eigenvalue weighted by Crippen LogP contribution is -2.36. The highest BCUT2D eigenvalue weighted by atomic mass is 32.1. The summed E-state index contributed by atoms with van der Waals surface area (Å²) in [6, 6.07) is 3.08. The lowest BCUT2D eigenvalue weighted by molar-refractivity contribution is -0.284. The molecule has 1 atom stereocenters. The number of nitrogens with two attached hydrogens (primary N) is 1. The number of methoxy groups -OCH3 is 1. The molecule has 0 bridgehead atoms. The van der Waals surface area contributed by atoms with Gasteiger partial charge in [-0.05, 0) is 44.2 Å². The van der Waals surface area contributed by atoms with Gasteiger partial charge in [0.1, 0.15) is 0 Å². The number of halogens is 5. The number of hydrogen-bond acceptors (Lipinski definition) is 4. The predicted molar refractivity (Wildman–Crippen MR) is 85.7 cm³/mol. The smallest absolute Gasteiger partial charge is 0.453 e. The predicted octanol–water partition coefficient (Wildman–Crippen LogP) is 5.00. The highest BCUT2D eigenvalue weighted by molar-refractivity contribution is 7.12. The molecule has 0 spiro atoms. The van der Waals surface area contributed by atoms with E-state index in [1.54, 1.807) is 6.07 Å². The lowest BCUT2D eigenvalue weighted by Gasteiger charge is -2.20. The largest absolute Gasteiger partial charge is 0.469 e. The van der Waals surface area contributed by atoms with Crippen LogP contribution in [0.1, 0.15) is 54.3 Å². The zero-order valence-corrected chi connectivity index (χ0v) is 14.7. The Kier molecular flexibility index (Phi) is 8.27. The Labute approximate surface area is 147 Å². The average Bonchev–Trinajstić information content (AvgIpc) is 2.98. The average molecular weight is 387 g/mol. The van der Waals surface area contributed by atoms with E-state index < -0.39 is 24.6 Å². The number of rotatable bonds is 10. The van der Waals surface area contributed by atoms with Gasteiger partial charge < -0.3 is 10.5 Å². The number of unbranched alkanes of at least 4 members (excludes halogenated alkanes) is 1. The molecular formula is C16H22F5NO2S. The van der Waals surface area contributed by atoms with Gasteiger partial charge in [-0.2, -0.15) is 22.0 Å². The maximum Gasteiger partial charge on any atom is 0.453 e. The van der Waals surface area contributed by atoms with Crippen molar-refractivity contribution < 1.29 is 31.5 Å². The Hall–Kier alpha value is -1.22. The number of ether oxygens (including phenoxy) is 1. The molecule has 0 aromatic carbocycles. The van der Waals surface area contributed by atoms with Gasteiger partial charge in [0.15, 0.2) is 0 Å². The van der Waals surface area contributed by atoms with Crippen molar-refractivity contribution in [3.8, 4) is 0 Å². The first-order chi connectivity index (χ1) is 11.6. The molecule has 25 heavy (non-hydrogen) atoms. The minimum atomic E-state index is -5.52. The molecule has 1 heterocycles. The van der Waals surface area contributed by atoms with Crippen molar-refractivity contribution in [1.82, 2.24) is 0 Å². The fourth-order valence-electron chi connectivity index (χ4n) is 2.23. The summed E-state index contributed by atoms with van der Waals surface area (Å²) in [5.41, 5.74) is 5.88. The summed E-state index contributed by atoms with van der Waals surface area (Å²) in [5, 5.41) is 0. The highest BCUT2D eigenvalue weighted by Crippen LogP contribution is 2.39. The number of carbonyl (C=O) groups is 1. The van der Waals surface area contributed by atoms with Crippen molar-refractivity contribution in [3.63, 3.8) is 0 Å². The van der Waals surface area contributed by atoms with E-state index in [9.17, 15) is 26.7 Å². The Morgan fingerprint density at radius 2 is 1.88 bits per heavy atom. The van der Waals surface area contributed by atoms with Crippen molar-refractivity contribution in [3.05, 3.63) is 21.9 Å². The van der Waals surface area contributed by atoms with Gasteiger partial charge in [-0.1, -0.05) is 0 Å². The van der Waals surface area contributed by atoms with Crippen LogP contribution < -0.4 is 5.73 Å². The Balaban J connectivity index is 2.36. The topological polar surface area (TPSA) is 52.3 Å². The number of alkyl halides is 5. The number of thiophene rings is 1. The Morgan fingerprint density at radius 1 is 1.20 bits per heavy atom. The van der Waals surface area contributed by atoms with Gasteiger partial charge in [0, 0.05) is 28.6 Å². The van der Waals surface area contributed by atoms with E-state index in [1.165, 1.54) is 18.4 Å². The second-order valence-corrected chi connectivity index (χ2v) is 6.99. The standard InChI is InChI=1S/C16H22F5NO2S/c1-24-14(23)7-3-2-5-11-8-9-13(25-11)12(22)6-4-10-15(17,18)16(19,20)21/h8-9,12H,2-7,10,22H2,1H3. The Bertz CT molecular complexity index is 545. The molecule has 0 aliphatic rings. The van der Waals surface area contributed by atoms with Crippen LogP contribution in [-0.4, -0.2) is 25.2 Å². The number of carbonyl (C=O) groups excluding carboxylic acids is 1. The summed E-state index contributed by atoms with van der Waals surface area (Å²) in [7, 11) is 1.33. The van der Waals surface area contributed by atoms with Crippen LogP contribution in [0.3, 0.4) is 0 Å². The normalized spacial score (nSPS) is 13.7. The maximum atomic E-state index is 12.8. The number of esters is 1. The van der Waals surface area contributed by atoms with Crippen LogP contribution in [0, 0.1) is 0 Å². The van der Waals surface area contributed by atoms with Crippen LogP contribution in [0.15, 0.2) is 12.1 Å². The summed E-state index contributed by atoms with van der Waals surface area (Å²) >= 11 is 1.42. The first-order valence-electron chi connectivity index (χ1n) is 7.92. The molecule has 1 aromatic rings. The van der Waals surface area contributed by atoms with Crippen LogP contribution in [0.5, 0.6) is 0 Å². The SMILES string of the molecule is COC(=O)CCCCc1ccc(C(N)CCCC(F)(F)C(F)(F)F)s1. The molecule has 3 nitrogen and oxygen atoms in total. The first-order valence-corrected chi connectivity index (χ1v) is 8.74. The molecule has 1 rings (SSSR count). The molecule has 0 saturated heterocycles. The monoisotopic (exact) mass is 387 g/mol. The third kappa shape index (κ3) is 7.27. The molecule has 1 unspecified atom stereocenters. The highest BCUT2D eigenvalue weighted by Gasteiger charge is 2.56. The summed E-state index contributed by atoms with van der Waals surface area (Å²) in [4.78, 5) is 12.8. The second-order valence-electron chi connectivity index (χ2n) is 5.79. The first kappa shape index (κ1) is 21.8. The van der Waals surface area contributed by atoms with E-state index in [1.807, 2.05) is 6.07 Å². The third-order valence-corrected chi connectivity index (χ3v) is 5.03. The summed E-state index contributed by atoms with van der Waals surface area (Å²) in [5.74, 6) is -4.93. The summed E-state index contributed by atoms with van der Waals surface area (Å²) in [6.07, 6.45) is -4.43. The molecule has 0 aliphatic carbocycles. The molecule has 2 N–H and O–H groups in total. The van der Waals surface area contributed by atoms with Crippen LogP contribution in [-0.2, 0) is 16.0 Å². The molecule has 0 amide bonds. The fraction of sp³-hybridized carbons (Fsp3) is 0.688. The molecule has 0 radical (unpaired) electrons. The van der Waals surface area contributed by atoms with Gasteiger partial charge in [-0.15, -0.1) is 11.3 Å². The summed E-state index contributed by atoms with van der Waals surface area (Å²) < 4.78 is 66.5. The Morgan fingerprint density at radius 3 is 2.48 bits per heavy atom. The zero-order chi connectivity index (χ0) is 19.1. The van der Waals surface area contributed by atoms with E-state index in [-0.39, 0.29) is 18.8 Å². The van der Waals surface area contributed by atoms with E-state index in [4.69, 9.17) is 5.73 Å². The van der Waals surface area contributed by atoms with Crippen LogP contribution >= 0.6 is 11.3 Å². The van der Waals surface area contributed by atoms with E-state index in [0.717, 1.165) is 22.6 Å². The van der Waals surface area contributed by atoms with E-state index in [0.29, 0.717) is 12.8 Å². The van der Waals surface area contributed by atoms with Crippen molar-refractivity contribution in [2.24, 2.45) is 5.73 Å². The molecule has 1 aromatic heterocycles. The minimum absolute atomic E-state index is 0.0635. The van der Waals surface area contributed by atoms with Crippen molar-refractivity contribution >= 4 is 17.3 Å². The molecule has 9 heteroatoms. The van der Waals surface area contributed by atoms with Gasteiger partial charge in [0.25, 0.3) is 0 Å². The van der Waals surface area contributed by atoms with Crippen LogP contribution in [0.4, 0.5) is 22.0 Å². The molecular weight excluding hydrogens is 365 g/mol. The number of hydrogen-bond donors (Lipinski definition) is 1. The maximum absolute atomic E-state index is 12.8. The van der Waals surface area contributed by atoms with Crippen molar-refractivity contribution in [2.45, 2.75) is 63.1 Å². The molecule has 0 fully saturated rings. The molecule has 144 valence electrons. The third-order valence-electron chi connectivity index (χ3n) is 3.75. The van der Waals surface area contributed by atoms with Crippen molar-refractivity contribution in [2.75, 3.05) is 7.11 Å². The second kappa shape index (κ2) is 9.47. The van der Waals surface area contributed by atoms with Gasteiger partial charge in [-0.3, -0.25) is 4.79 Å². The zero-order valence-electron chi connectivity index (χ0n) is 13.9. The lowest BCUT2D eigenvalue weighted by atomic mass is 10.1. The van der Waals surface area contributed by atoms with E-state index >= 15 is 0 Å². The van der Waals surface area contributed by atoms with E-state index in [2.05, 4.69) is 4.74 Å². The molecule has 0 saturated carbocycles. The van der Waals surface area contributed by atoms with Crippen molar-refractivity contribution in [1.29, 1.82) is 0 Å². The van der Waals surface area contributed by atoms with Gasteiger partial charge in [-0.25, -0.2) is 0 Å². The minimum Gasteiger partial charge on any atom is -0.469 e. The quantitative estimate of drug-likeness (QED) is 0.349. The van der Waals surface area contributed by atoms with Gasteiger partial charge in [0.05, 0.1) is 7.11 Å². The fourth-order valence-corrected chi connectivity index (χ4v) is 3.32.